The zero-order valence-electron chi connectivity index (χ0n) is 13.9. The summed E-state index contributed by atoms with van der Waals surface area (Å²) in [5.41, 5.74) is 7.53. The van der Waals surface area contributed by atoms with E-state index in [1.165, 1.54) is 0 Å². The SMILES string of the molecule is Nc1cccc(OCCOc2ccc(OCc3ccccc3)cc2)c1. The third-order valence-electron chi connectivity index (χ3n) is 3.55. The first-order chi connectivity index (χ1) is 12.3. The summed E-state index contributed by atoms with van der Waals surface area (Å²) in [6, 6.07) is 25.0. The Morgan fingerprint density at radius 2 is 1.24 bits per heavy atom. The van der Waals surface area contributed by atoms with Crippen LogP contribution in [0.15, 0.2) is 78.9 Å². The van der Waals surface area contributed by atoms with Gasteiger partial charge < -0.3 is 19.9 Å². The molecule has 0 unspecified atom stereocenters. The lowest BCUT2D eigenvalue weighted by Gasteiger charge is -2.10. The van der Waals surface area contributed by atoms with E-state index in [9.17, 15) is 0 Å². The molecule has 0 saturated carbocycles. The average molecular weight is 335 g/mol. The van der Waals surface area contributed by atoms with E-state index in [-0.39, 0.29) is 0 Å². The molecule has 2 N–H and O–H groups in total. The van der Waals surface area contributed by atoms with Gasteiger partial charge in [-0.25, -0.2) is 0 Å². The van der Waals surface area contributed by atoms with Gasteiger partial charge in [-0.1, -0.05) is 36.4 Å². The molecule has 0 aliphatic carbocycles. The molecular formula is C21H21NO3. The van der Waals surface area contributed by atoms with Gasteiger partial charge in [-0.15, -0.1) is 0 Å². The zero-order valence-corrected chi connectivity index (χ0v) is 13.9. The van der Waals surface area contributed by atoms with Gasteiger partial charge in [0, 0.05) is 11.8 Å². The van der Waals surface area contributed by atoms with Crippen LogP contribution in [-0.4, -0.2) is 13.2 Å². The Morgan fingerprint density at radius 1 is 0.600 bits per heavy atom. The van der Waals surface area contributed by atoms with E-state index in [0.717, 1.165) is 22.8 Å². The fourth-order valence-corrected chi connectivity index (χ4v) is 2.30. The molecule has 4 heteroatoms. The van der Waals surface area contributed by atoms with Gasteiger partial charge in [-0.3, -0.25) is 0 Å². The van der Waals surface area contributed by atoms with Gasteiger partial charge in [0.1, 0.15) is 37.1 Å². The molecule has 3 rings (SSSR count). The third kappa shape index (κ3) is 5.46. The third-order valence-corrected chi connectivity index (χ3v) is 3.55. The van der Waals surface area contributed by atoms with Crippen molar-refractivity contribution in [2.75, 3.05) is 18.9 Å². The van der Waals surface area contributed by atoms with Crippen LogP contribution >= 0.6 is 0 Å². The van der Waals surface area contributed by atoms with Crippen LogP contribution in [-0.2, 0) is 6.61 Å². The second-order valence-corrected chi connectivity index (χ2v) is 5.52. The van der Waals surface area contributed by atoms with Crippen molar-refractivity contribution < 1.29 is 14.2 Å². The first-order valence-electron chi connectivity index (χ1n) is 8.17. The van der Waals surface area contributed by atoms with Gasteiger partial charge in [-0.2, -0.15) is 0 Å². The second-order valence-electron chi connectivity index (χ2n) is 5.52. The van der Waals surface area contributed by atoms with E-state index in [1.807, 2.05) is 72.8 Å². The number of benzene rings is 3. The van der Waals surface area contributed by atoms with Gasteiger partial charge in [-0.05, 0) is 42.0 Å². The highest BCUT2D eigenvalue weighted by Gasteiger charge is 1.99. The van der Waals surface area contributed by atoms with Crippen molar-refractivity contribution in [3.63, 3.8) is 0 Å². The summed E-state index contributed by atoms with van der Waals surface area (Å²) < 4.78 is 17.0. The molecule has 3 aromatic carbocycles. The highest BCUT2D eigenvalue weighted by atomic mass is 16.5. The van der Waals surface area contributed by atoms with Gasteiger partial charge in [0.25, 0.3) is 0 Å². The maximum atomic E-state index is 5.75. The summed E-state index contributed by atoms with van der Waals surface area (Å²) in [6.45, 7) is 1.46. The number of hydrogen-bond acceptors (Lipinski definition) is 4. The maximum absolute atomic E-state index is 5.75. The number of hydrogen-bond donors (Lipinski definition) is 1. The Bertz CT molecular complexity index is 773. The van der Waals surface area contributed by atoms with Gasteiger partial charge in [0.2, 0.25) is 0 Å². The summed E-state index contributed by atoms with van der Waals surface area (Å²) in [5, 5.41) is 0. The van der Waals surface area contributed by atoms with Crippen LogP contribution in [0.5, 0.6) is 17.2 Å². The van der Waals surface area contributed by atoms with Crippen molar-refractivity contribution in [2.24, 2.45) is 0 Å². The fraction of sp³-hybridized carbons (Fsp3) is 0.143. The molecule has 0 fully saturated rings. The van der Waals surface area contributed by atoms with Gasteiger partial charge >= 0.3 is 0 Å². The standard InChI is InChI=1S/C21H21NO3/c22-18-7-4-8-21(15-18)24-14-13-23-19-9-11-20(12-10-19)25-16-17-5-2-1-3-6-17/h1-12,15H,13-14,16,22H2. The molecule has 0 atom stereocenters. The molecule has 3 aromatic rings. The van der Waals surface area contributed by atoms with E-state index in [4.69, 9.17) is 19.9 Å². The predicted molar refractivity (Wildman–Crippen MR) is 99.1 cm³/mol. The molecule has 0 aliphatic heterocycles. The van der Waals surface area contributed by atoms with Crippen molar-refractivity contribution >= 4 is 5.69 Å². The Labute approximate surface area is 147 Å². The molecule has 0 radical (unpaired) electrons. The van der Waals surface area contributed by atoms with Crippen LogP contribution in [0.4, 0.5) is 5.69 Å². The smallest absolute Gasteiger partial charge is 0.122 e. The molecule has 0 saturated heterocycles. The van der Waals surface area contributed by atoms with Crippen molar-refractivity contribution in [3.8, 4) is 17.2 Å². The summed E-state index contributed by atoms with van der Waals surface area (Å²) in [7, 11) is 0. The summed E-state index contributed by atoms with van der Waals surface area (Å²) in [6.07, 6.45) is 0. The van der Waals surface area contributed by atoms with Crippen molar-refractivity contribution in [2.45, 2.75) is 6.61 Å². The molecule has 0 spiro atoms. The molecule has 128 valence electrons. The maximum Gasteiger partial charge on any atom is 0.122 e. The largest absolute Gasteiger partial charge is 0.490 e. The van der Waals surface area contributed by atoms with E-state index in [2.05, 4.69) is 0 Å². The van der Waals surface area contributed by atoms with E-state index in [0.29, 0.717) is 25.5 Å². The molecule has 0 amide bonds. The fourth-order valence-electron chi connectivity index (χ4n) is 2.30. The lowest BCUT2D eigenvalue weighted by molar-refractivity contribution is 0.217. The van der Waals surface area contributed by atoms with E-state index >= 15 is 0 Å². The van der Waals surface area contributed by atoms with Gasteiger partial charge in [0.15, 0.2) is 0 Å². The molecule has 0 bridgehead atoms. The summed E-state index contributed by atoms with van der Waals surface area (Å²) >= 11 is 0. The van der Waals surface area contributed by atoms with Crippen molar-refractivity contribution in [1.29, 1.82) is 0 Å². The zero-order chi connectivity index (χ0) is 17.3. The normalized spacial score (nSPS) is 10.2. The minimum atomic E-state index is 0.454. The van der Waals surface area contributed by atoms with Crippen LogP contribution in [0, 0.1) is 0 Å². The van der Waals surface area contributed by atoms with Crippen LogP contribution in [0.2, 0.25) is 0 Å². The molecule has 0 aromatic heterocycles. The van der Waals surface area contributed by atoms with Crippen LogP contribution < -0.4 is 19.9 Å². The van der Waals surface area contributed by atoms with Crippen molar-refractivity contribution in [1.82, 2.24) is 0 Å². The monoisotopic (exact) mass is 335 g/mol. The van der Waals surface area contributed by atoms with Crippen LogP contribution in [0.25, 0.3) is 0 Å². The summed E-state index contributed by atoms with van der Waals surface area (Å²) in [5.74, 6) is 2.34. The topological polar surface area (TPSA) is 53.7 Å². The minimum absolute atomic E-state index is 0.454. The highest BCUT2D eigenvalue weighted by molar-refractivity contribution is 5.43. The van der Waals surface area contributed by atoms with Crippen molar-refractivity contribution in [3.05, 3.63) is 84.4 Å². The quantitative estimate of drug-likeness (QED) is 0.492. The Kier molecular flexibility index (Phi) is 5.77. The number of rotatable bonds is 8. The number of anilines is 1. The van der Waals surface area contributed by atoms with Gasteiger partial charge in [0.05, 0.1) is 0 Å². The first kappa shape index (κ1) is 16.7. The van der Waals surface area contributed by atoms with E-state index < -0.39 is 0 Å². The number of ether oxygens (including phenoxy) is 3. The lowest BCUT2D eigenvalue weighted by Crippen LogP contribution is -2.09. The Hall–Kier alpha value is -3.14. The van der Waals surface area contributed by atoms with E-state index in [1.54, 1.807) is 6.07 Å². The number of nitrogen functional groups attached to an aromatic ring is 1. The minimum Gasteiger partial charge on any atom is -0.490 e. The number of nitrogens with two attached hydrogens (primary N) is 1. The lowest BCUT2D eigenvalue weighted by atomic mass is 10.2. The molecule has 4 nitrogen and oxygen atoms in total. The highest BCUT2D eigenvalue weighted by Crippen LogP contribution is 2.19. The average Bonchev–Trinajstić information content (AvgIpc) is 2.65. The van der Waals surface area contributed by atoms with Crippen LogP contribution in [0.1, 0.15) is 5.56 Å². The first-order valence-corrected chi connectivity index (χ1v) is 8.17. The molecule has 0 heterocycles. The Balaban J connectivity index is 1.40. The summed E-state index contributed by atoms with van der Waals surface area (Å²) in [4.78, 5) is 0. The van der Waals surface area contributed by atoms with Crippen LogP contribution in [0.3, 0.4) is 0 Å². The molecule has 25 heavy (non-hydrogen) atoms. The Morgan fingerprint density at radius 3 is 1.92 bits per heavy atom. The predicted octanol–water partition coefficient (Wildman–Crippen LogP) is 4.31. The molecular weight excluding hydrogens is 314 g/mol. The molecule has 0 aliphatic rings. The second kappa shape index (κ2) is 8.64.